The third kappa shape index (κ3) is 6.55. The summed E-state index contributed by atoms with van der Waals surface area (Å²) in [6.45, 7) is 0.481. The Morgan fingerprint density at radius 3 is 2.21 bits per heavy atom. The Bertz CT molecular complexity index is 1060. The maximum Gasteiger partial charge on any atom is 0.254 e. The van der Waals surface area contributed by atoms with Gasteiger partial charge in [0, 0.05) is 17.8 Å². The van der Waals surface area contributed by atoms with Crippen LogP contribution in [0.1, 0.15) is 70.5 Å². The van der Waals surface area contributed by atoms with E-state index in [4.69, 9.17) is 0 Å². The zero-order chi connectivity index (χ0) is 22.9. The number of carbonyl (C=O) groups is 2. The van der Waals surface area contributed by atoms with Crippen LogP contribution in [0.3, 0.4) is 0 Å². The van der Waals surface area contributed by atoms with Crippen LogP contribution in [0.4, 0.5) is 5.00 Å². The molecule has 172 valence electrons. The van der Waals surface area contributed by atoms with Crippen LogP contribution in [-0.4, -0.2) is 11.8 Å². The van der Waals surface area contributed by atoms with Gasteiger partial charge in [-0.1, -0.05) is 73.5 Å². The summed E-state index contributed by atoms with van der Waals surface area (Å²) in [7, 11) is 0. The number of aryl methyl sites for hydroxylation is 2. The number of anilines is 1. The molecule has 2 amide bonds. The summed E-state index contributed by atoms with van der Waals surface area (Å²) in [6.07, 6.45) is 8.66. The Labute approximate surface area is 200 Å². The minimum absolute atomic E-state index is 0.0164. The van der Waals surface area contributed by atoms with E-state index in [1.807, 2.05) is 48.5 Å². The van der Waals surface area contributed by atoms with Crippen molar-refractivity contribution in [1.29, 1.82) is 0 Å². The molecule has 4 nitrogen and oxygen atoms in total. The minimum Gasteiger partial charge on any atom is -0.348 e. The maximum absolute atomic E-state index is 13.3. The fraction of sp³-hybridized carbons (Fsp3) is 0.357. The zero-order valence-electron chi connectivity index (χ0n) is 19.1. The van der Waals surface area contributed by atoms with Gasteiger partial charge in [0.25, 0.3) is 5.91 Å². The first-order valence-corrected chi connectivity index (χ1v) is 12.8. The van der Waals surface area contributed by atoms with Crippen LogP contribution in [-0.2, 0) is 30.6 Å². The summed E-state index contributed by atoms with van der Waals surface area (Å²) >= 11 is 1.60. The van der Waals surface area contributed by atoms with E-state index in [1.54, 1.807) is 11.3 Å². The van der Waals surface area contributed by atoms with Gasteiger partial charge in [-0.2, -0.15) is 0 Å². The maximum atomic E-state index is 13.3. The summed E-state index contributed by atoms with van der Waals surface area (Å²) in [6, 6.07) is 20.2. The van der Waals surface area contributed by atoms with Gasteiger partial charge in [0.15, 0.2) is 0 Å². The molecule has 1 aliphatic rings. The molecule has 0 atom stereocenters. The van der Waals surface area contributed by atoms with Crippen LogP contribution in [0.5, 0.6) is 0 Å². The van der Waals surface area contributed by atoms with Crippen molar-refractivity contribution in [1.82, 2.24) is 5.32 Å². The second kappa shape index (κ2) is 11.8. The molecule has 1 aliphatic carbocycles. The monoisotopic (exact) mass is 460 g/mol. The third-order valence-electron chi connectivity index (χ3n) is 6.16. The first kappa shape index (κ1) is 23.2. The molecule has 0 radical (unpaired) electrons. The minimum atomic E-state index is -0.0866. The van der Waals surface area contributed by atoms with Gasteiger partial charge in [-0.3, -0.25) is 9.59 Å². The number of carbonyl (C=O) groups excluding carboxylic acids is 2. The van der Waals surface area contributed by atoms with Crippen molar-refractivity contribution in [2.75, 3.05) is 5.32 Å². The van der Waals surface area contributed by atoms with Gasteiger partial charge in [-0.25, -0.2) is 0 Å². The molecular formula is C28H32N2O2S. The predicted molar refractivity (Wildman–Crippen MR) is 136 cm³/mol. The van der Waals surface area contributed by atoms with Crippen LogP contribution in [0.2, 0.25) is 0 Å². The highest BCUT2D eigenvalue weighted by Gasteiger charge is 2.25. The van der Waals surface area contributed by atoms with E-state index < -0.39 is 0 Å². The van der Waals surface area contributed by atoms with E-state index in [0.29, 0.717) is 18.5 Å². The van der Waals surface area contributed by atoms with Gasteiger partial charge >= 0.3 is 0 Å². The molecule has 0 bridgehead atoms. The van der Waals surface area contributed by atoms with Crippen LogP contribution < -0.4 is 10.6 Å². The van der Waals surface area contributed by atoms with Crippen LogP contribution in [0.25, 0.3) is 0 Å². The molecule has 0 spiro atoms. The Kier molecular flexibility index (Phi) is 8.31. The Hall–Kier alpha value is -2.92. The Morgan fingerprint density at radius 1 is 0.818 bits per heavy atom. The summed E-state index contributed by atoms with van der Waals surface area (Å²) in [5.41, 5.74) is 4.13. The van der Waals surface area contributed by atoms with Crippen molar-refractivity contribution >= 4 is 28.2 Å². The van der Waals surface area contributed by atoms with Gasteiger partial charge < -0.3 is 10.6 Å². The van der Waals surface area contributed by atoms with Gasteiger partial charge in [0.05, 0.1) is 5.56 Å². The normalized spacial score (nSPS) is 13.5. The number of hydrogen-bond donors (Lipinski definition) is 2. The number of amides is 2. The van der Waals surface area contributed by atoms with E-state index in [2.05, 4.69) is 22.8 Å². The van der Waals surface area contributed by atoms with Gasteiger partial charge in [0.2, 0.25) is 5.91 Å². The number of thiophene rings is 1. The van der Waals surface area contributed by atoms with E-state index in [0.717, 1.165) is 54.7 Å². The number of hydrogen-bond acceptors (Lipinski definition) is 3. The van der Waals surface area contributed by atoms with Gasteiger partial charge in [-0.05, 0) is 55.2 Å². The number of benzene rings is 2. The molecule has 1 aromatic heterocycles. The van der Waals surface area contributed by atoms with E-state index in [9.17, 15) is 9.59 Å². The molecule has 4 rings (SSSR count). The molecule has 0 aliphatic heterocycles. The SMILES string of the molecule is O=C(CCCc1ccccc1)Nc1sc2c(c1C(=O)NCc1ccccc1)CCCCCC2. The lowest BCUT2D eigenvalue weighted by atomic mass is 9.96. The molecule has 33 heavy (non-hydrogen) atoms. The number of nitrogens with one attached hydrogen (secondary N) is 2. The molecule has 0 fully saturated rings. The lowest BCUT2D eigenvalue weighted by Gasteiger charge is -2.12. The summed E-state index contributed by atoms with van der Waals surface area (Å²) in [5.74, 6) is -0.103. The number of fused-ring (bicyclic) bond motifs is 1. The molecule has 0 saturated heterocycles. The third-order valence-corrected chi connectivity index (χ3v) is 7.37. The molecule has 1 heterocycles. The molecule has 0 unspecified atom stereocenters. The summed E-state index contributed by atoms with van der Waals surface area (Å²) in [4.78, 5) is 27.3. The topological polar surface area (TPSA) is 58.2 Å². The van der Waals surface area contributed by atoms with E-state index in [-0.39, 0.29) is 11.8 Å². The molecule has 2 aromatic carbocycles. The van der Waals surface area contributed by atoms with Crippen LogP contribution >= 0.6 is 11.3 Å². The van der Waals surface area contributed by atoms with E-state index >= 15 is 0 Å². The summed E-state index contributed by atoms with van der Waals surface area (Å²) in [5, 5.41) is 6.89. The Morgan fingerprint density at radius 2 is 1.48 bits per heavy atom. The number of rotatable bonds is 8. The van der Waals surface area contributed by atoms with Crippen LogP contribution in [0, 0.1) is 0 Å². The lowest BCUT2D eigenvalue weighted by molar-refractivity contribution is -0.116. The highest BCUT2D eigenvalue weighted by Crippen LogP contribution is 2.37. The van der Waals surface area contributed by atoms with E-state index in [1.165, 1.54) is 23.3 Å². The van der Waals surface area contributed by atoms with Crippen molar-refractivity contribution in [2.24, 2.45) is 0 Å². The molecule has 3 aromatic rings. The predicted octanol–water partition coefficient (Wildman–Crippen LogP) is 6.30. The average Bonchev–Trinajstić information content (AvgIpc) is 3.14. The van der Waals surface area contributed by atoms with Gasteiger partial charge in [0.1, 0.15) is 5.00 Å². The first-order valence-electron chi connectivity index (χ1n) is 12.0. The quantitative estimate of drug-likeness (QED) is 0.414. The molecule has 2 N–H and O–H groups in total. The van der Waals surface area contributed by atoms with Crippen molar-refractivity contribution in [3.05, 3.63) is 87.8 Å². The summed E-state index contributed by atoms with van der Waals surface area (Å²) < 4.78 is 0. The first-order chi connectivity index (χ1) is 16.2. The van der Waals surface area contributed by atoms with Crippen molar-refractivity contribution < 1.29 is 9.59 Å². The van der Waals surface area contributed by atoms with Crippen molar-refractivity contribution in [2.45, 2.75) is 64.3 Å². The average molecular weight is 461 g/mol. The Balaban J connectivity index is 1.46. The fourth-order valence-corrected chi connectivity index (χ4v) is 5.70. The largest absolute Gasteiger partial charge is 0.348 e. The van der Waals surface area contributed by atoms with Crippen LogP contribution in [0.15, 0.2) is 60.7 Å². The highest BCUT2D eigenvalue weighted by molar-refractivity contribution is 7.17. The lowest BCUT2D eigenvalue weighted by Crippen LogP contribution is -2.25. The van der Waals surface area contributed by atoms with Crippen molar-refractivity contribution in [3.63, 3.8) is 0 Å². The zero-order valence-corrected chi connectivity index (χ0v) is 19.9. The smallest absolute Gasteiger partial charge is 0.254 e. The van der Waals surface area contributed by atoms with Crippen molar-refractivity contribution in [3.8, 4) is 0 Å². The fourth-order valence-electron chi connectivity index (χ4n) is 4.40. The molecule has 5 heteroatoms. The highest BCUT2D eigenvalue weighted by atomic mass is 32.1. The standard InChI is InChI=1S/C28H32N2O2S/c31-25(19-11-16-21-12-5-3-6-13-21)30-28-26(23-17-9-1-2-10-18-24(23)33-28)27(32)29-20-22-14-7-4-8-15-22/h3-8,12-15H,1-2,9-11,16-20H2,(H,29,32)(H,30,31). The second-order valence-corrected chi connectivity index (χ2v) is 9.78. The second-order valence-electron chi connectivity index (χ2n) is 8.68. The molecular weight excluding hydrogens is 428 g/mol. The van der Waals surface area contributed by atoms with Gasteiger partial charge in [-0.15, -0.1) is 11.3 Å². The molecule has 0 saturated carbocycles.